The predicted molar refractivity (Wildman–Crippen MR) is 108 cm³/mol. The lowest BCUT2D eigenvalue weighted by Crippen LogP contribution is -3.08. The van der Waals surface area contributed by atoms with Crippen LogP contribution < -0.4 is 4.90 Å². The van der Waals surface area contributed by atoms with Gasteiger partial charge in [-0.2, -0.15) is 0 Å². The summed E-state index contributed by atoms with van der Waals surface area (Å²) in [6, 6.07) is 8.43. The van der Waals surface area contributed by atoms with Crippen LogP contribution in [0.2, 0.25) is 0 Å². The summed E-state index contributed by atoms with van der Waals surface area (Å²) in [5.41, 5.74) is 1.96. The number of benzene rings is 1. The molecule has 0 amide bonds. The summed E-state index contributed by atoms with van der Waals surface area (Å²) >= 11 is 8.69. The average Bonchev–Trinajstić information content (AvgIpc) is 3.19. The molecule has 0 aliphatic heterocycles. The number of esters is 1. The molecular weight excluding hydrogens is 386 g/mol. The van der Waals surface area contributed by atoms with Gasteiger partial charge in [-0.25, -0.2) is 4.98 Å². The third kappa shape index (κ3) is 4.20. The van der Waals surface area contributed by atoms with Crippen molar-refractivity contribution in [1.82, 2.24) is 9.55 Å². The van der Waals surface area contributed by atoms with Crippen LogP contribution in [0.1, 0.15) is 30.6 Å². The number of carbonyl (C=O) groups is 1. The van der Waals surface area contributed by atoms with Crippen LogP contribution in [0.25, 0.3) is 10.2 Å². The minimum Gasteiger partial charge on any atom is -0.466 e. The number of aromatic nitrogens is 2. The first-order valence-electron chi connectivity index (χ1n) is 8.50. The molecule has 3 rings (SSSR count). The van der Waals surface area contributed by atoms with Crippen LogP contribution in [0.5, 0.6) is 0 Å². The van der Waals surface area contributed by atoms with Crippen molar-refractivity contribution in [2.75, 3.05) is 13.7 Å². The monoisotopic (exact) mass is 408 g/mol. The van der Waals surface area contributed by atoms with E-state index in [1.165, 1.54) is 20.9 Å². The van der Waals surface area contributed by atoms with Crippen molar-refractivity contribution < 1.29 is 14.4 Å². The summed E-state index contributed by atoms with van der Waals surface area (Å²) in [7, 11) is 2.13. The van der Waals surface area contributed by atoms with Gasteiger partial charge in [0.05, 0.1) is 30.3 Å². The highest BCUT2D eigenvalue weighted by Crippen LogP contribution is 2.24. The molecule has 2 atom stereocenters. The molecule has 1 unspecified atom stereocenters. The first kappa shape index (κ1) is 19.2. The molecule has 5 nitrogen and oxygen atoms in total. The smallest absolute Gasteiger partial charge is 0.311 e. The molecule has 26 heavy (non-hydrogen) atoms. The molecule has 0 saturated heterocycles. The van der Waals surface area contributed by atoms with E-state index in [4.69, 9.17) is 21.9 Å². The van der Waals surface area contributed by atoms with Gasteiger partial charge in [0.2, 0.25) is 0 Å². The molecule has 138 valence electrons. The number of ether oxygens (including phenoxy) is 1. The normalized spacial score (nSPS) is 13.7. The Labute approximate surface area is 165 Å². The van der Waals surface area contributed by atoms with Gasteiger partial charge in [0.1, 0.15) is 6.04 Å². The van der Waals surface area contributed by atoms with E-state index in [0.717, 1.165) is 20.2 Å². The number of fused-ring (bicyclic) bond motifs is 1. The van der Waals surface area contributed by atoms with Crippen LogP contribution in [0.4, 0.5) is 0 Å². The Kier molecular flexibility index (Phi) is 6.18. The molecule has 0 fully saturated rings. The van der Waals surface area contributed by atoms with Crippen molar-refractivity contribution in [3.05, 3.63) is 44.3 Å². The van der Waals surface area contributed by atoms with Crippen molar-refractivity contribution in [3.63, 3.8) is 0 Å². The Bertz CT molecular complexity index is 927. The third-order valence-electron chi connectivity index (χ3n) is 4.32. The number of thiazole rings is 2. The van der Waals surface area contributed by atoms with Gasteiger partial charge < -0.3 is 9.64 Å². The van der Waals surface area contributed by atoms with E-state index in [-0.39, 0.29) is 18.4 Å². The van der Waals surface area contributed by atoms with Gasteiger partial charge in [-0.3, -0.25) is 9.36 Å². The lowest BCUT2D eigenvalue weighted by molar-refractivity contribution is -0.932. The second-order valence-electron chi connectivity index (χ2n) is 6.15. The zero-order chi connectivity index (χ0) is 18.7. The van der Waals surface area contributed by atoms with Crippen LogP contribution in [0.3, 0.4) is 0 Å². The van der Waals surface area contributed by atoms with Crippen LogP contribution >= 0.6 is 34.9 Å². The topological polar surface area (TPSA) is 48.6 Å². The molecule has 3 aromatic rings. The maximum atomic E-state index is 11.8. The van der Waals surface area contributed by atoms with Gasteiger partial charge in [-0.1, -0.05) is 12.1 Å². The number of quaternary nitrogens is 1. The summed E-state index contributed by atoms with van der Waals surface area (Å²) in [4.78, 5) is 17.9. The summed E-state index contributed by atoms with van der Waals surface area (Å²) in [6.07, 6.45) is 0.254. The third-order valence-corrected chi connectivity index (χ3v) is 6.86. The molecule has 0 bridgehead atoms. The number of nitrogens with zero attached hydrogens (tertiary/aromatic N) is 2. The molecule has 0 saturated carbocycles. The number of nitrogens with one attached hydrogen (secondary N) is 1. The van der Waals surface area contributed by atoms with Crippen LogP contribution in [0, 0.1) is 3.95 Å². The van der Waals surface area contributed by atoms with Crippen molar-refractivity contribution in [3.8, 4) is 0 Å². The van der Waals surface area contributed by atoms with Gasteiger partial charge in [0.25, 0.3) is 0 Å². The van der Waals surface area contributed by atoms with E-state index in [1.54, 1.807) is 11.3 Å². The average molecular weight is 409 g/mol. The van der Waals surface area contributed by atoms with Crippen LogP contribution in [-0.4, -0.2) is 29.2 Å². The minimum atomic E-state index is -0.217. The van der Waals surface area contributed by atoms with E-state index in [9.17, 15) is 4.79 Å². The summed E-state index contributed by atoms with van der Waals surface area (Å²) in [6.45, 7) is 5.07. The second-order valence-corrected chi connectivity index (χ2v) is 8.71. The zero-order valence-electron chi connectivity index (χ0n) is 15.0. The molecule has 0 spiro atoms. The second kappa shape index (κ2) is 8.39. The van der Waals surface area contributed by atoms with Gasteiger partial charge in [-0.05, 0) is 38.2 Å². The maximum Gasteiger partial charge on any atom is 0.311 e. The molecule has 0 aliphatic rings. The van der Waals surface area contributed by atoms with E-state index < -0.39 is 0 Å². The Morgan fingerprint density at radius 2 is 2.19 bits per heavy atom. The van der Waals surface area contributed by atoms with E-state index in [2.05, 4.69) is 20.0 Å². The fraction of sp³-hybridized carbons (Fsp3) is 0.389. The van der Waals surface area contributed by atoms with E-state index in [0.29, 0.717) is 13.3 Å². The predicted octanol–water partition coefficient (Wildman–Crippen LogP) is 3.23. The Hall–Kier alpha value is -1.61. The van der Waals surface area contributed by atoms with Crippen molar-refractivity contribution in [2.24, 2.45) is 0 Å². The highest BCUT2D eigenvalue weighted by Gasteiger charge is 2.21. The number of hydrogen-bond donors (Lipinski definition) is 1. The molecule has 1 aromatic carbocycles. The standard InChI is InChI=1S/C18H21N3O2S3/c1-4-23-16(22)9-13-10-25-18(24)21(13)11-20(3)12(2)17-19-14-7-5-6-8-15(14)26-17/h5-8,10,12H,4,9,11H2,1-3H3/p+1/t12-/m0/s1. The van der Waals surface area contributed by atoms with Gasteiger partial charge in [0.15, 0.2) is 15.6 Å². The first-order chi connectivity index (χ1) is 12.5. The fourth-order valence-electron chi connectivity index (χ4n) is 2.70. The van der Waals surface area contributed by atoms with Gasteiger partial charge >= 0.3 is 5.97 Å². The highest BCUT2D eigenvalue weighted by molar-refractivity contribution is 7.73. The van der Waals surface area contributed by atoms with Crippen LogP contribution in [0.15, 0.2) is 29.6 Å². The quantitative estimate of drug-likeness (QED) is 0.482. The summed E-state index contributed by atoms with van der Waals surface area (Å²) in [5.74, 6) is -0.217. The molecule has 0 radical (unpaired) electrons. The molecule has 1 N–H and O–H groups in total. The van der Waals surface area contributed by atoms with Crippen molar-refractivity contribution >= 4 is 51.1 Å². The zero-order valence-corrected chi connectivity index (χ0v) is 17.5. The number of carbonyl (C=O) groups excluding carboxylic acids is 1. The lowest BCUT2D eigenvalue weighted by Gasteiger charge is -2.21. The molecule has 2 heterocycles. The largest absolute Gasteiger partial charge is 0.466 e. The molecule has 2 aromatic heterocycles. The Morgan fingerprint density at radius 1 is 1.42 bits per heavy atom. The Morgan fingerprint density at radius 3 is 2.92 bits per heavy atom. The van der Waals surface area contributed by atoms with E-state index >= 15 is 0 Å². The van der Waals surface area contributed by atoms with E-state index in [1.807, 2.05) is 35.1 Å². The summed E-state index contributed by atoms with van der Waals surface area (Å²) in [5, 5.41) is 3.06. The lowest BCUT2D eigenvalue weighted by atomic mass is 10.3. The number of rotatable bonds is 7. The van der Waals surface area contributed by atoms with Gasteiger partial charge in [-0.15, -0.1) is 22.7 Å². The number of para-hydroxylation sites is 1. The van der Waals surface area contributed by atoms with Crippen molar-refractivity contribution in [2.45, 2.75) is 33.0 Å². The maximum absolute atomic E-state index is 11.8. The SMILES string of the molecule is CCOC(=O)Cc1csc(=S)n1C[NH+](C)[C@@H](C)c1nc2ccccc2s1. The van der Waals surface area contributed by atoms with Crippen molar-refractivity contribution in [1.29, 1.82) is 0 Å². The first-order valence-corrected chi connectivity index (χ1v) is 10.6. The summed E-state index contributed by atoms with van der Waals surface area (Å²) < 4.78 is 9.09. The Balaban J connectivity index is 1.76. The molecular formula is C18H22N3O2S3+. The highest BCUT2D eigenvalue weighted by atomic mass is 32.1. The fourth-order valence-corrected chi connectivity index (χ4v) is 4.89. The van der Waals surface area contributed by atoms with Gasteiger partial charge in [0, 0.05) is 11.1 Å². The van der Waals surface area contributed by atoms with Crippen LogP contribution in [-0.2, 0) is 22.6 Å². The molecule has 0 aliphatic carbocycles. The molecule has 8 heteroatoms. The number of hydrogen-bond acceptors (Lipinski definition) is 6. The minimum absolute atomic E-state index is 0.217.